The predicted molar refractivity (Wildman–Crippen MR) is 76.7 cm³/mol. The largest absolute Gasteiger partial charge is 0.214 e. The van der Waals surface area contributed by atoms with Gasteiger partial charge in [0.1, 0.15) is 0 Å². The summed E-state index contributed by atoms with van der Waals surface area (Å²) in [5.74, 6) is 0.535. The van der Waals surface area contributed by atoms with Crippen LogP contribution in [0, 0.1) is 5.92 Å². The molecule has 2 atom stereocenters. The molecule has 0 saturated carbocycles. The molecular formula is C12H18ClNO2S2. The highest BCUT2D eigenvalue weighted by atomic mass is 35.5. The lowest BCUT2D eigenvalue weighted by atomic mass is 10.1. The molecule has 2 rings (SSSR count). The van der Waals surface area contributed by atoms with Crippen LogP contribution >= 0.6 is 22.9 Å². The molecule has 6 heteroatoms. The molecule has 1 aromatic heterocycles. The van der Waals surface area contributed by atoms with Gasteiger partial charge < -0.3 is 0 Å². The van der Waals surface area contributed by atoms with E-state index < -0.39 is 10.0 Å². The Hall–Kier alpha value is -0.100. The topological polar surface area (TPSA) is 37.4 Å². The van der Waals surface area contributed by atoms with Gasteiger partial charge in [0.15, 0.2) is 0 Å². The monoisotopic (exact) mass is 307 g/mol. The Morgan fingerprint density at radius 1 is 1.61 bits per heavy atom. The van der Waals surface area contributed by atoms with Crippen LogP contribution in [0.2, 0.25) is 0 Å². The second-order valence-corrected chi connectivity index (χ2v) is 7.92. The van der Waals surface area contributed by atoms with Gasteiger partial charge >= 0.3 is 0 Å². The highest BCUT2D eigenvalue weighted by Gasteiger charge is 2.35. The van der Waals surface area contributed by atoms with E-state index >= 15 is 0 Å². The molecule has 0 spiro atoms. The van der Waals surface area contributed by atoms with Gasteiger partial charge in [0.05, 0.1) is 11.8 Å². The van der Waals surface area contributed by atoms with E-state index in [-0.39, 0.29) is 17.7 Å². The Morgan fingerprint density at radius 3 is 3.00 bits per heavy atom. The van der Waals surface area contributed by atoms with Crippen molar-refractivity contribution in [3.63, 3.8) is 0 Å². The highest BCUT2D eigenvalue weighted by Crippen LogP contribution is 2.35. The zero-order valence-corrected chi connectivity index (χ0v) is 12.8. The first-order chi connectivity index (χ1) is 8.54. The van der Waals surface area contributed by atoms with E-state index in [4.69, 9.17) is 11.6 Å². The summed E-state index contributed by atoms with van der Waals surface area (Å²) in [4.78, 5) is 0. The average Bonchev–Trinajstić information content (AvgIpc) is 2.98. The summed E-state index contributed by atoms with van der Waals surface area (Å²) in [6, 6.07) is 2.05. The molecular weight excluding hydrogens is 290 g/mol. The standard InChI is InChI=1S/C12H18ClNO2S2/c1-10(7-13)9-18(15,16)14-5-2-3-12(14)11-4-6-17-8-11/h4,6,8,10,12H,2-3,5,7,9H2,1H3. The van der Waals surface area contributed by atoms with Crippen molar-refractivity contribution in [3.05, 3.63) is 22.4 Å². The number of nitrogens with zero attached hydrogens (tertiary/aromatic N) is 1. The summed E-state index contributed by atoms with van der Waals surface area (Å²) in [5.41, 5.74) is 1.12. The van der Waals surface area contributed by atoms with Crippen LogP contribution in [0.3, 0.4) is 0 Å². The third-order valence-corrected chi connectivity index (χ3v) is 6.62. The van der Waals surface area contributed by atoms with Crippen molar-refractivity contribution in [2.24, 2.45) is 5.92 Å². The molecule has 3 nitrogen and oxygen atoms in total. The third kappa shape index (κ3) is 3.07. The molecule has 1 aliphatic heterocycles. The molecule has 102 valence electrons. The van der Waals surface area contributed by atoms with Crippen molar-refractivity contribution in [1.82, 2.24) is 4.31 Å². The maximum atomic E-state index is 12.4. The fourth-order valence-electron chi connectivity index (χ4n) is 2.37. The summed E-state index contributed by atoms with van der Waals surface area (Å²) in [6.45, 7) is 2.51. The number of alkyl halides is 1. The van der Waals surface area contributed by atoms with E-state index in [9.17, 15) is 8.42 Å². The van der Waals surface area contributed by atoms with E-state index in [1.807, 2.05) is 23.8 Å². The van der Waals surface area contributed by atoms with Gasteiger partial charge in [-0.2, -0.15) is 15.6 Å². The van der Waals surface area contributed by atoms with E-state index in [1.165, 1.54) is 0 Å². The molecule has 1 saturated heterocycles. The van der Waals surface area contributed by atoms with Gasteiger partial charge in [-0.25, -0.2) is 8.42 Å². The first kappa shape index (κ1) is 14.3. The maximum Gasteiger partial charge on any atom is 0.214 e. The fraction of sp³-hybridized carbons (Fsp3) is 0.667. The van der Waals surface area contributed by atoms with Crippen LogP contribution in [0.15, 0.2) is 16.8 Å². The van der Waals surface area contributed by atoms with Crippen LogP contribution in [-0.4, -0.2) is 30.9 Å². The lowest BCUT2D eigenvalue weighted by Gasteiger charge is -2.24. The van der Waals surface area contributed by atoms with Crippen LogP contribution < -0.4 is 0 Å². The first-order valence-corrected chi connectivity index (χ1v) is 9.21. The van der Waals surface area contributed by atoms with E-state index in [0.717, 1.165) is 18.4 Å². The van der Waals surface area contributed by atoms with Gasteiger partial charge in [-0.15, -0.1) is 11.6 Å². The average molecular weight is 308 g/mol. The minimum atomic E-state index is -3.19. The lowest BCUT2D eigenvalue weighted by Crippen LogP contribution is -2.34. The van der Waals surface area contributed by atoms with Gasteiger partial charge in [-0.05, 0) is 41.1 Å². The van der Waals surface area contributed by atoms with Crippen LogP contribution in [-0.2, 0) is 10.0 Å². The molecule has 0 radical (unpaired) electrons. The molecule has 1 fully saturated rings. The van der Waals surface area contributed by atoms with Crippen LogP contribution in [0.5, 0.6) is 0 Å². The summed E-state index contributed by atoms with van der Waals surface area (Å²) < 4.78 is 26.4. The number of hydrogen-bond acceptors (Lipinski definition) is 3. The molecule has 18 heavy (non-hydrogen) atoms. The van der Waals surface area contributed by atoms with E-state index in [1.54, 1.807) is 15.6 Å². The zero-order chi connectivity index (χ0) is 13.2. The van der Waals surface area contributed by atoms with E-state index in [2.05, 4.69) is 0 Å². The molecule has 1 aromatic rings. The minimum Gasteiger partial charge on any atom is -0.212 e. The van der Waals surface area contributed by atoms with Crippen molar-refractivity contribution in [2.45, 2.75) is 25.8 Å². The first-order valence-electron chi connectivity index (χ1n) is 6.12. The van der Waals surface area contributed by atoms with Gasteiger partial charge in [0, 0.05) is 12.4 Å². The molecule has 2 unspecified atom stereocenters. The Morgan fingerprint density at radius 2 is 2.39 bits per heavy atom. The molecule has 0 aromatic carbocycles. The zero-order valence-electron chi connectivity index (χ0n) is 10.4. The Balaban J connectivity index is 2.16. The fourth-order valence-corrected chi connectivity index (χ4v) is 5.37. The van der Waals surface area contributed by atoms with Gasteiger partial charge in [-0.1, -0.05) is 6.92 Å². The van der Waals surface area contributed by atoms with Crippen molar-refractivity contribution in [2.75, 3.05) is 18.2 Å². The highest BCUT2D eigenvalue weighted by molar-refractivity contribution is 7.89. The van der Waals surface area contributed by atoms with Crippen LogP contribution in [0.25, 0.3) is 0 Å². The third-order valence-electron chi connectivity index (χ3n) is 3.25. The van der Waals surface area contributed by atoms with Gasteiger partial charge in [0.2, 0.25) is 10.0 Å². The minimum absolute atomic E-state index is 0.000362. The lowest BCUT2D eigenvalue weighted by molar-refractivity contribution is 0.394. The smallest absolute Gasteiger partial charge is 0.212 e. The van der Waals surface area contributed by atoms with Gasteiger partial charge in [-0.3, -0.25) is 0 Å². The van der Waals surface area contributed by atoms with Crippen molar-refractivity contribution < 1.29 is 8.42 Å². The quantitative estimate of drug-likeness (QED) is 0.784. The molecule has 1 aliphatic rings. The summed E-state index contributed by atoms with van der Waals surface area (Å²) in [5, 5.41) is 4.04. The Kier molecular flexibility index (Phi) is 4.69. The summed E-state index contributed by atoms with van der Waals surface area (Å²) >= 11 is 7.33. The second-order valence-electron chi connectivity index (χ2n) is 4.86. The number of sulfonamides is 1. The molecule has 0 aliphatic carbocycles. The normalized spacial score (nSPS) is 23.3. The second kappa shape index (κ2) is 5.90. The van der Waals surface area contributed by atoms with Crippen LogP contribution in [0.1, 0.15) is 31.4 Å². The van der Waals surface area contributed by atoms with Crippen molar-refractivity contribution in [1.29, 1.82) is 0 Å². The maximum absolute atomic E-state index is 12.4. The van der Waals surface area contributed by atoms with Crippen LogP contribution in [0.4, 0.5) is 0 Å². The molecule has 0 bridgehead atoms. The molecule has 0 amide bonds. The predicted octanol–water partition coefficient (Wildman–Crippen LogP) is 3.09. The Labute approximate surface area is 118 Å². The summed E-state index contributed by atoms with van der Waals surface area (Å²) in [6.07, 6.45) is 1.86. The number of hydrogen-bond donors (Lipinski definition) is 0. The SMILES string of the molecule is CC(CCl)CS(=O)(=O)N1CCCC1c1ccsc1. The number of rotatable bonds is 5. The van der Waals surface area contributed by atoms with Gasteiger partial charge in [0.25, 0.3) is 0 Å². The number of thiophene rings is 1. The molecule has 0 N–H and O–H groups in total. The Bertz CT molecular complexity index is 472. The number of halogens is 1. The van der Waals surface area contributed by atoms with E-state index in [0.29, 0.717) is 12.4 Å². The summed E-state index contributed by atoms with van der Waals surface area (Å²) in [7, 11) is -3.19. The molecule has 2 heterocycles. The van der Waals surface area contributed by atoms with Crippen molar-refractivity contribution >= 4 is 33.0 Å². The van der Waals surface area contributed by atoms with Crippen molar-refractivity contribution in [3.8, 4) is 0 Å².